The lowest BCUT2D eigenvalue weighted by Gasteiger charge is -2.15. The Morgan fingerprint density at radius 2 is 2.06 bits per heavy atom. The van der Waals surface area contributed by atoms with E-state index in [0.29, 0.717) is 6.61 Å². The summed E-state index contributed by atoms with van der Waals surface area (Å²) in [6, 6.07) is -0.549. The molecule has 6 nitrogen and oxygen atoms in total. The molecule has 1 heterocycles. The molecule has 0 saturated carbocycles. The Balaban J connectivity index is 2.49. The molecule has 0 unspecified atom stereocenters. The largest absolute Gasteiger partial charge is 0.464 e. The van der Waals surface area contributed by atoms with Crippen LogP contribution in [0.2, 0.25) is 0 Å². The van der Waals surface area contributed by atoms with Crippen LogP contribution in [0.4, 0.5) is 4.79 Å². The molecule has 0 aromatic carbocycles. The van der Waals surface area contributed by atoms with Gasteiger partial charge in [-0.3, -0.25) is 14.5 Å². The number of esters is 1. The first-order chi connectivity index (χ1) is 7.88. The summed E-state index contributed by atoms with van der Waals surface area (Å²) in [6.07, 6.45) is 1.70. The number of carbonyl (C=O) groups is 3. The smallest absolute Gasteiger partial charge is 0.326 e. The first kappa shape index (κ1) is 13.5. The number of amides is 3. The SMILES string of the molecule is CCCCOC(=O)CN1C(=O)NC(C)(C)C1=O. The van der Waals surface area contributed by atoms with E-state index in [9.17, 15) is 14.4 Å². The van der Waals surface area contributed by atoms with E-state index in [4.69, 9.17) is 4.74 Å². The second kappa shape index (κ2) is 5.16. The van der Waals surface area contributed by atoms with Gasteiger partial charge in [-0.05, 0) is 20.3 Å². The van der Waals surface area contributed by atoms with Crippen molar-refractivity contribution >= 4 is 17.9 Å². The molecule has 0 atom stereocenters. The lowest BCUT2D eigenvalue weighted by Crippen LogP contribution is -2.41. The highest BCUT2D eigenvalue weighted by Gasteiger charge is 2.45. The van der Waals surface area contributed by atoms with Crippen molar-refractivity contribution in [1.29, 1.82) is 0 Å². The lowest BCUT2D eigenvalue weighted by molar-refractivity contribution is -0.147. The Hall–Kier alpha value is -1.59. The van der Waals surface area contributed by atoms with Crippen molar-refractivity contribution in [2.45, 2.75) is 39.2 Å². The molecule has 0 aliphatic carbocycles. The average Bonchev–Trinajstić information content (AvgIpc) is 2.41. The number of nitrogens with zero attached hydrogens (tertiary/aromatic N) is 1. The summed E-state index contributed by atoms with van der Waals surface area (Å²) < 4.78 is 4.90. The third kappa shape index (κ3) is 3.18. The summed E-state index contributed by atoms with van der Waals surface area (Å²) in [5.74, 6) is -0.963. The summed E-state index contributed by atoms with van der Waals surface area (Å²) in [6.45, 7) is 5.17. The number of nitrogens with one attached hydrogen (secondary N) is 1. The minimum atomic E-state index is -0.944. The number of hydrogen-bond donors (Lipinski definition) is 1. The molecule has 0 radical (unpaired) electrons. The maximum absolute atomic E-state index is 11.7. The van der Waals surface area contributed by atoms with Gasteiger partial charge in [-0.25, -0.2) is 4.79 Å². The van der Waals surface area contributed by atoms with Gasteiger partial charge >= 0.3 is 12.0 Å². The van der Waals surface area contributed by atoms with Crippen molar-refractivity contribution in [3.63, 3.8) is 0 Å². The molecule has 1 rings (SSSR count). The lowest BCUT2D eigenvalue weighted by atomic mass is 10.1. The number of imide groups is 1. The molecule has 1 aliphatic rings. The quantitative estimate of drug-likeness (QED) is 0.436. The topological polar surface area (TPSA) is 75.7 Å². The summed E-state index contributed by atoms with van der Waals surface area (Å²) in [5, 5.41) is 2.50. The van der Waals surface area contributed by atoms with Crippen molar-refractivity contribution in [2.75, 3.05) is 13.2 Å². The van der Waals surface area contributed by atoms with Gasteiger partial charge < -0.3 is 10.1 Å². The van der Waals surface area contributed by atoms with Gasteiger partial charge in [0.25, 0.3) is 5.91 Å². The highest BCUT2D eigenvalue weighted by molar-refractivity contribution is 6.08. The third-order valence-electron chi connectivity index (χ3n) is 2.49. The van der Waals surface area contributed by atoms with Crippen molar-refractivity contribution in [2.24, 2.45) is 0 Å². The van der Waals surface area contributed by atoms with Crippen molar-refractivity contribution < 1.29 is 19.1 Å². The maximum Gasteiger partial charge on any atom is 0.326 e. The summed E-state index contributed by atoms with van der Waals surface area (Å²) >= 11 is 0. The van der Waals surface area contributed by atoms with Crippen LogP contribution in [0.3, 0.4) is 0 Å². The fourth-order valence-corrected chi connectivity index (χ4v) is 1.47. The summed E-state index contributed by atoms with van der Waals surface area (Å²) in [5.41, 5.74) is -0.944. The molecular formula is C11H18N2O4. The Morgan fingerprint density at radius 3 is 2.53 bits per heavy atom. The van der Waals surface area contributed by atoms with E-state index in [1.807, 2.05) is 6.92 Å². The number of carbonyl (C=O) groups excluding carboxylic acids is 3. The van der Waals surface area contributed by atoms with E-state index >= 15 is 0 Å². The van der Waals surface area contributed by atoms with Crippen molar-refractivity contribution in [1.82, 2.24) is 10.2 Å². The van der Waals surface area contributed by atoms with Crippen LogP contribution in [0.5, 0.6) is 0 Å². The van der Waals surface area contributed by atoms with E-state index < -0.39 is 23.4 Å². The Morgan fingerprint density at radius 1 is 1.41 bits per heavy atom. The molecule has 3 amide bonds. The standard InChI is InChI=1S/C11H18N2O4/c1-4-5-6-17-8(14)7-13-9(15)11(2,3)12-10(13)16/h4-7H2,1-3H3,(H,12,16). The number of urea groups is 1. The molecule has 96 valence electrons. The van der Waals surface area contributed by atoms with Gasteiger partial charge in [-0.2, -0.15) is 0 Å². The molecular weight excluding hydrogens is 224 g/mol. The first-order valence-electron chi connectivity index (χ1n) is 5.68. The number of ether oxygens (including phenoxy) is 1. The second-order valence-corrected chi connectivity index (χ2v) is 4.52. The summed E-state index contributed by atoms with van der Waals surface area (Å²) in [4.78, 5) is 35.5. The molecule has 1 N–H and O–H groups in total. The Kier molecular flexibility index (Phi) is 4.09. The average molecular weight is 242 g/mol. The van der Waals surface area contributed by atoms with Crippen LogP contribution in [-0.2, 0) is 14.3 Å². The van der Waals surface area contributed by atoms with E-state index in [2.05, 4.69) is 5.32 Å². The number of hydrogen-bond acceptors (Lipinski definition) is 4. The minimum Gasteiger partial charge on any atom is -0.464 e. The van der Waals surface area contributed by atoms with Gasteiger partial charge in [0.15, 0.2) is 0 Å². The fraction of sp³-hybridized carbons (Fsp3) is 0.727. The third-order valence-corrected chi connectivity index (χ3v) is 2.49. The molecule has 1 aliphatic heterocycles. The van der Waals surface area contributed by atoms with Crippen LogP contribution >= 0.6 is 0 Å². The molecule has 1 saturated heterocycles. The minimum absolute atomic E-state index is 0.322. The van der Waals surface area contributed by atoms with E-state index in [0.717, 1.165) is 17.7 Å². The number of unbranched alkanes of at least 4 members (excludes halogenated alkanes) is 1. The van der Waals surface area contributed by atoms with Crippen molar-refractivity contribution in [3.05, 3.63) is 0 Å². The van der Waals surface area contributed by atoms with E-state index in [1.165, 1.54) is 0 Å². The van der Waals surface area contributed by atoms with Gasteiger partial charge in [0.1, 0.15) is 12.1 Å². The Labute approximate surface area is 100 Å². The monoisotopic (exact) mass is 242 g/mol. The van der Waals surface area contributed by atoms with Crippen LogP contribution in [-0.4, -0.2) is 41.5 Å². The molecule has 0 aromatic heterocycles. The van der Waals surface area contributed by atoms with Gasteiger partial charge in [0, 0.05) is 0 Å². The highest BCUT2D eigenvalue weighted by atomic mass is 16.5. The van der Waals surface area contributed by atoms with Crippen LogP contribution in [0, 0.1) is 0 Å². The van der Waals surface area contributed by atoms with E-state index in [1.54, 1.807) is 13.8 Å². The predicted molar refractivity (Wildman–Crippen MR) is 60.2 cm³/mol. The van der Waals surface area contributed by atoms with Crippen LogP contribution in [0.25, 0.3) is 0 Å². The maximum atomic E-state index is 11.7. The zero-order valence-electron chi connectivity index (χ0n) is 10.4. The highest BCUT2D eigenvalue weighted by Crippen LogP contribution is 2.16. The fourth-order valence-electron chi connectivity index (χ4n) is 1.47. The summed E-state index contributed by atoms with van der Waals surface area (Å²) in [7, 11) is 0. The molecule has 0 bridgehead atoms. The second-order valence-electron chi connectivity index (χ2n) is 4.52. The van der Waals surface area contributed by atoms with Crippen LogP contribution in [0.15, 0.2) is 0 Å². The normalized spacial score (nSPS) is 18.2. The number of rotatable bonds is 5. The van der Waals surface area contributed by atoms with Crippen LogP contribution in [0.1, 0.15) is 33.6 Å². The van der Waals surface area contributed by atoms with E-state index in [-0.39, 0.29) is 6.54 Å². The molecule has 0 spiro atoms. The Bertz CT molecular complexity index is 338. The van der Waals surface area contributed by atoms with Gasteiger partial charge in [0.2, 0.25) is 0 Å². The molecule has 6 heteroatoms. The predicted octanol–water partition coefficient (Wildman–Crippen LogP) is 0.660. The van der Waals surface area contributed by atoms with Crippen LogP contribution < -0.4 is 5.32 Å². The van der Waals surface area contributed by atoms with Gasteiger partial charge in [-0.15, -0.1) is 0 Å². The zero-order valence-corrected chi connectivity index (χ0v) is 10.4. The first-order valence-corrected chi connectivity index (χ1v) is 5.68. The molecule has 0 aromatic rings. The molecule has 17 heavy (non-hydrogen) atoms. The van der Waals surface area contributed by atoms with Gasteiger partial charge in [-0.1, -0.05) is 13.3 Å². The van der Waals surface area contributed by atoms with Crippen molar-refractivity contribution in [3.8, 4) is 0 Å². The molecule has 1 fully saturated rings. The van der Waals surface area contributed by atoms with Gasteiger partial charge in [0.05, 0.1) is 6.61 Å². The zero-order chi connectivity index (χ0) is 13.1.